The number of methoxy groups -OCH3 is 2. The molecule has 1 aromatic carbocycles. The minimum absolute atomic E-state index is 0.835. The van der Waals surface area contributed by atoms with Crippen molar-refractivity contribution in [1.82, 2.24) is 10.2 Å². The van der Waals surface area contributed by atoms with Crippen LogP contribution in [0.25, 0.3) is 0 Å². The van der Waals surface area contributed by atoms with Crippen LogP contribution >= 0.6 is 0 Å². The average molecular weight is 292 g/mol. The second kappa shape index (κ2) is 8.25. The average Bonchev–Trinajstić information content (AvgIpc) is 2.53. The number of benzene rings is 1. The third-order valence-electron chi connectivity index (χ3n) is 4.38. The lowest BCUT2D eigenvalue weighted by Crippen LogP contribution is -2.31. The van der Waals surface area contributed by atoms with E-state index >= 15 is 0 Å². The lowest BCUT2D eigenvalue weighted by molar-refractivity contribution is 0.211. The molecule has 0 radical (unpaired) electrons. The summed E-state index contributed by atoms with van der Waals surface area (Å²) in [5.41, 5.74) is 1.18. The molecule has 1 fully saturated rings. The van der Waals surface area contributed by atoms with Crippen molar-refractivity contribution >= 4 is 0 Å². The molecule has 0 amide bonds. The van der Waals surface area contributed by atoms with Crippen LogP contribution in [0.2, 0.25) is 0 Å². The second-order valence-electron chi connectivity index (χ2n) is 5.89. The summed E-state index contributed by atoms with van der Waals surface area (Å²) in [6.07, 6.45) is 3.94. The van der Waals surface area contributed by atoms with Gasteiger partial charge in [-0.1, -0.05) is 6.07 Å². The maximum atomic E-state index is 5.42. The number of likely N-dealkylation sites (tertiary alicyclic amines) is 1. The SMILES string of the molecule is COc1ccc(CNCCC2CCN(C)CC2)c(OC)c1. The molecule has 118 valence electrons. The molecule has 1 heterocycles. The number of hydrogen-bond donors (Lipinski definition) is 1. The van der Waals surface area contributed by atoms with Gasteiger partial charge in [0.25, 0.3) is 0 Å². The van der Waals surface area contributed by atoms with E-state index in [4.69, 9.17) is 9.47 Å². The lowest BCUT2D eigenvalue weighted by atomic mass is 9.94. The van der Waals surface area contributed by atoms with Crippen molar-refractivity contribution in [2.45, 2.75) is 25.8 Å². The Bertz CT molecular complexity index is 429. The van der Waals surface area contributed by atoms with Crippen LogP contribution in [0, 0.1) is 5.92 Å². The fourth-order valence-electron chi connectivity index (χ4n) is 2.88. The molecule has 1 aliphatic rings. The topological polar surface area (TPSA) is 33.7 Å². The van der Waals surface area contributed by atoms with Gasteiger partial charge in [0.15, 0.2) is 0 Å². The largest absolute Gasteiger partial charge is 0.497 e. The van der Waals surface area contributed by atoms with Crippen LogP contribution in [-0.4, -0.2) is 45.8 Å². The van der Waals surface area contributed by atoms with Crippen molar-refractivity contribution in [3.63, 3.8) is 0 Å². The first-order chi connectivity index (χ1) is 10.2. The summed E-state index contributed by atoms with van der Waals surface area (Å²) >= 11 is 0. The maximum absolute atomic E-state index is 5.42. The molecular formula is C17H28N2O2. The number of hydrogen-bond acceptors (Lipinski definition) is 4. The molecule has 0 unspecified atom stereocenters. The molecule has 1 aliphatic heterocycles. The Morgan fingerprint density at radius 1 is 1.19 bits per heavy atom. The van der Waals surface area contributed by atoms with Crippen LogP contribution in [-0.2, 0) is 6.54 Å². The van der Waals surface area contributed by atoms with Gasteiger partial charge >= 0.3 is 0 Å². The highest BCUT2D eigenvalue weighted by Crippen LogP contribution is 2.24. The normalized spacial score (nSPS) is 16.9. The zero-order valence-corrected chi connectivity index (χ0v) is 13.5. The molecule has 1 saturated heterocycles. The summed E-state index contributed by atoms with van der Waals surface area (Å²) < 4.78 is 10.6. The summed E-state index contributed by atoms with van der Waals surface area (Å²) in [5.74, 6) is 2.61. The maximum Gasteiger partial charge on any atom is 0.127 e. The Morgan fingerprint density at radius 3 is 2.62 bits per heavy atom. The van der Waals surface area contributed by atoms with Crippen molar-refractivity contribution in [2.24, 2.45) is 5.92 Å². The summed E-state index contributed by atoms with van der Waals surface area (Å²) in [6, 6.07) is 5.99. The van der Waals surface area contributed by atoms with E-state index in [-0.39, 0.29) is 0 Å². The van der Waals surface area contributed by atoms with Gasteiger partial charge in [-0.25, -0.2) is 0 Å². The Hall–Kier alpha value is -1.26. The van der Waals surface area contributed by atoms with Crippen molar-refractivity contribution in [3.05, 3.63) is 23.8 Å². The predicted octanol–water partition coefficient (Wildman–Crippen LogP) is 2.53. The highest BCUT2D eigenvalue weighted by atomic mass is 16.5. The fraction of sp³-hybridized carbons (Fsp3) is 0.647. The smallest absolute Gasteiger partial charge is 0.127 e. The predicted molar refractivity (Wildman–Crippen MR) is 86.1 cm³/mol. The van der Waals surface area contributed by atoms with Gasteiger partial charge in [-0.2, -0.15) is 0 Å². The minimum atomic E-state index is 0.835. The highest BCUT2D eigenvalue weighted by Gasteiger charge is 2.15. The fourth-order valence-corrected chi connectivity index (χ4v) is 2.88. The first-order valence-electron chi connectivity index (χ1n) is 7.83. The van der Waals surface area contributed by atoms with Crippen molar-refractivity contribution in [2.75, 3.05) is 40.9 Å². The first kappa shape index (κ1) is 16.1. The molecule has 0 bridgehead atoms. The second-order valence-corrected chi connectivity index (χ2v) is 5.89. The van der Waals surface area contributed by atoms with Crippen molar-refractivity contribution in [3.8, 4) is 11.5 Å². The van der Waals surface area contributed by atoms with Gasteiger partial charge in [-0.3, -0.25) is 0 Å². The molecule has 1 N–H and O–H groups in total. The van der Waals surface area contributed by atoms with E-state index in [0.29, 0.717) is 0 Å². The van der Waals surface area contributed by atoms with E-state index in [1.54, 1.807) is 14.2 Å². The van der Waals surface area contributed by atoms with Crippen molar-refractivity contribution in [1.29, 1.82) is 0 Å². The number of piperidine rings is 1. The van der Waals surface area contributed by atoms with Gasteiger partial charge in [0.1, 0.15) is 11.5 Å². The number of rotatable bonds is 7. The molecular weight excluding hydrogens is 264 g/mol. The van der Waals surface area contributed by atoms with Crippen LogP contribution < -0.4 is 14.8 Å². The molecule has 0 atom stereocenters. The molecule has 0 saturated carbocycles. The van der Waals surface area contributed by atoms with Crippen LogP contribution in [0.4, 0.5) is 0 Å². The third-order valence-corrected chi connectivity index (χ3v) is 4.38. The van der Waals surface area contributed by atoms with E-state index in [1.165, 1.54) is 37.9 Å². The number of ether oxygens (including phenoxy) is 2. The Morgan fingerprint density at radius 2 is 1.95 bits per heavy atom. The summed E-state index contributed by atoms with van der Waals surface area (Å²) in [5, 5.41) is 3.54. The van der Waals surface area contributed by atoms with Crippen LogP contribution in [0.3, 0.4) is 0 Å². The van der Waals surface area contributed by atoms with Gasteiger partial charge in [0.05, 0.1) is 14.2 Å². The van der Waals surface area contributed by atoms with E-state index in [2.05, 4.69) is 23.3 Å². The monoisotopic (exact) mass is 292 g/mol. The van der Waals surface area contributed by atoms with Gasteiger partial charge in [-0.05, 0) is 57.9 Å². The number of nitrogens with zero attached hydrogens (tertiary/aromatic N) is 1. The van der Waals surface area contributed by atoms with E-state index in [1.807, 2.05) is 12.1 Å². The molecule has 4 nitrogen and oxygen atoms in total. The Balaban J connectivity index is 1.73. The quantitative estimate of drug-likeness (QED) is 0.783. The molecule has 0 spiro atoms. The zero-order valence-electron chi connectivity index (χ0n) is 13.5. The van der Waals surface area contributed by atoms with Gasteiger partial charge < -0.3 is 19.7 Å². The summed E-state index contributed by atoms with van der Waals surface area (Å²) in [4.78, 5) is 2.42. The molecule has 0 aromatic heterocycles. The molecule has 0 aliphatic carbocycles. The minimum Gasteiger partial charge on any atom is -0.497 e. The Labute approximate surface area is 128 Å². The molecule has 1 aromatic rings. The van der Waals surface area contributed by atoms with E-state index in [0.717, 1.165) is 30.5 Å². The summed E-state index contributed by atoms with van der Waals surface area (Å²) in [7, 11) is 5.59. The van der Waals surface area contributed by atoms with E-state index < -0.39 is 0 Å². The van der Waals surface area contributed by atoms with E-state index in [9.17, 15) is 0 Å². The first-order valence-corrected chi connectivity index (χ1v) is 7.83. The highest BCUT2D eigenvalue weighted by molar-refractivity contribution is 5.40. The molecule has 4 heteroatoms. The van der Waals surface area contributed by atoms with Crippen LogP contribution in [0.5, 0.6) is 11.5 Å². The molecule has 2 rings (SSSR count). The van der Waals surface area contributed by atoms with Crippen molar-refractivity contribution < 1.29 is 9.47 Å². The van der Waals surface area contributed by atoms with Crippen LogP contribution in [0.1, 0.15) is 24.8 Å². The third kappa shape index (κ3) is 4.90. The lowest BCUT2D eigenvalue weighted by Gasteiger charge is -2.28. The molecule has 21 heavy (non-hydrogen) atoms. The number of nitrogens with one attached hydrogen (secondary N) is 1. The standard InChI is InChI=1S/C17H28N2O2/c1-19-10-7-14(8-11-19)6-9-18-13-15-4-5-16(20-2)12-17(15)21-3/h4-5,12,14,18H,6-11,13H2,1-3H3. The Kier molecular flexibility index (Phi) is 6.33. The van der Waals surface area contributed by atoms with Gasteiger partial charge in [-0.15, -0.1) is 0 Å². The zero-order chi connectivity index (χ0) is 15.1. The van der Waals surface area contributed by atoms with Gasteiger partial charge in [0, 0.05) is 18.2 Å². The van der Waals surface area contributed by atoms with Crippen LogP contribution in [0.15, 0.2) is 18.2 Å². The summed E-state index contributed by atoms with van der Waals surface area (Å²) in [6.45, 7) is 4.41. The van der Waals surface area contributed by atoms with Gasteiger partial charge in [0.2, 0.25) is 0 Å².